The maximum Gasteiger partial charge on any atom is 0.257 e. The van der Waals surface area contributed by atoms with Gasteiger partial charge in [-0.3, -0.25) is 9.59 Å². The highest BCUT2D eigenvalue weighted by Crippen LogP contribution is 2.47. The summed E-state index contributed by atoms with van der Waals surface area (Å²) in [6.07, 6.45) is 1.04. The van der Waals surface area contributed by atoms with E-state index >= 15 is 0 Å². The fraction of sp³-hybridized carbons (Fsp3) is 0.269. The first-order valence-corrected chi connectivity index (χ1v) is 12.0. The second kappa shape index (κ2) is 8.43. The molecule has 1 aliphatic heterocycles. The number of phenols is 1. The molecule has 1 aromatic heterocycles. The number of allylic oxidation sites excluding steroid dienone is 2. The largest absolute Gasteiger partial charge is 0.508 e. The van der Waals surface area contributed by atoms with Crippen molar-refractivity contribution in [3.8, 4) is 5.75 Å². The molecule has 0 saturated heterocycles. The van der Waals surface area contributed by atoms with Gasteiger partial charge in [-0.2, -0.15) is 0 Å². The van der Waals surface area contributed by atoms with E-state index in [0.29, 0.717) is 46.3 Å². The molecule has 0 unspecified atom stereocenters. The SMILES string of the molecule is CC1(C)CC(=O)C2=C(C1)Nc1nc(SCc3ccccc3F)[nH]c(=O)c1[C@H]2c1ccc(O)cc1. The fourth-order valence-corrected chi connectivity index (χ4v) is 5.57. The number of anilines is 1. The predicted octanol–water partition coefficient (Wildman–Crippen LogP) is 5.11. The molecular weight excluding hydrogens is 453 g/mol. The van der Waals surface area contributed by atoms with Crippen molar-refractivity contribution < 1.29 is 14.3 Å². The van der Waals surface area contributed by atoms with E-state index in [9.17, 15) is 19.1 Å². The Labute approximate surface area is 200 Å². The molecular formula is C26H24FN3O3S. The number of ketones is 1. The molecule has 0 amide bonds. The van der Waals surface area contributed by atoms with E-state index in [1.807, 2.05) is 13.8 Å². The number of fused-ring (bicyclic) bond motifs is 1. The zero-order valence-electron chi connectivity index (χ0n) is 18.8. The van der Waals surface area contributed by atoms with Crippen LogP contribution in [0, 0.1) is 11.2 Å². The molecule has 0 fully saturated rings. The highest BCUT2D eigenvalue weighted by Gasteiger charge is 2.42. The Hall–Kier alpha value is -3.39. The Morgan fingerprint density at radius 2 is 1.85 bits per heavy atom. The maximum absolute atomic E-state index is 14.0. The highest BCUT2D eigenvalue weighted by atomic mass is 32.2. The number of Topliss-reactive ketones (excluding diaryl/α,β-unsaturated/α-hetero) is 1. The maximum atomic E-state index is 14.0. The van der Waals surface area contributed by atoms with Gasteiger partial charge in [-0.25, -0.2) is 9.37 Å². The van der Waals surface area contributed by atoms with Crippen molar-refractivity contribution in [1.82, 2.24) is 9.97 Å². The van der Waals surface area contributed by atoms with Crippen molar-refractivity contribution in [1.29, 1.82) is 0 Å². The number of thioether (sulfide) groups is 1. The Bertz CT molecular complexity index is 1380. The molecule has 8 heteroatoms. The van der Waals surface area contributed by atoms with E-state index in [2.05, 4.69) is 15.3 Å². The van der Waals surface area contributed by atoms with Crippen LogP contribution >= 0.6 is 11.8 Å². The van der Waals surface area contributed by atoms with E-state index in [-0.39, 0.29) is 28.3 Å². The van der Waals surface area contributed by atoms with Gasteiger partial charge in [-0.15, -0.1) is 0 Å². The average Bonchev–Trinajstić information content (AvgIpc) is 2.77. The van der Waals surface area contributed by atoms with Crippen LogP contribution in [0.2, 0.25) is 0 Å². The lowest BCUT2D eigenvalue weighted by atomic mass is 9.69. The van der Waals surface area contributed by atoms with E-state index in [0.717, 1.165) is 11.3 Å². The summed E-state index contributed by atoms with van der Waals surface area (Å²) in [6.45, 7) is 4.09. The van der Waals surface area contributed by atoms with Crippen LogP contribution in [0.3, 0.4) is 0 Å². The molecule has 174 valence electrons. The van der Waals surface area contributed by atoms with Gasteiger partial charge in [0.15, 0.2) is 10.9 Å². The Morgan fingerprint density at radius 1 is 1.12 bits per heavy atom. The first-order chi connectivity index (χ1) is 16.2. The highest BCUT2D eigenvalue weighted by molar-refractivity contribution is 7.98. The Balaban J connectivity index is 1.59. The third kappa shape index (κ3) is 4.14. The number of hydrogen-bond acceptors (Lipinski definition) is 6. The van der Waals surface area contributed by atoms with Gasteiger partial charge in [-0.1, -0.05) is 55.9 Å². The van der Waals surface area contributed by atoms with Crippen LogP contribution in [0.4, 0.5) is 10.2 Å². The first kappa shape index (κ1) is 22.4. The average molecular weight is 478 g/mol. The third-order valence-corrected chi connectivity index (χ3v) is 7.17. The van der Waals surface area contributed by atoms with Crippen molar-refractivity contribution in [2.75, 3.05) is 5.32 Å². The number of aromatic amines is 1. The smallest absolute Gasteiger partial charge is 0.257 e. The monoisotopic (exact) mass is 477 g/mol. The molecule has 2 aliphatic rings. The van der Waals surface area contributed by atoms with Crippen LogP contribution in [-0.4, -0.2) is 20.9 Å². The van der Waals surface area contributed by atoms with Gasteiger partial charge in [0.2, 0.25) is 0 Å². The molecule has 0 saturated carbocycles. The molecule has 1 aliphatic carbocycles. The number of nitrogens with one attached hydrogen (secondary N) is 2. The second-order valence-electron chi connectivity index (χ2n) is 9.50. The van der Waals surface area contributed by atoms with Gasteiger partial charge in [0.25, 0.3) is 5.56 Å². The fourth-order valence-electron chi connectivity index (χ4n) is 4.72. The van der Waals surface area contributed by atoms with Gasteiger partial charge < -0.3 is 15.4 Å². The van der Waals surface area contributed by atoms with E-state index in [1.54, 1.807) is 42.5 Å². The summed E-state index contributed by atoms with van der Waals surface area (Å²) in [7, 11) is 0. The number of carbonyl (C=O) groups excluding carboxylic acids is 1. The van der Waals surface area contributed by atoms with Crippen molar-refractivity contribution in [2.24, 2.45) is 5.41 Å². The molecule has 6 nitrogen and oxygen atoms in total. The number of nitrogens with zero attached hydrogens (tertiary/aromatic N) is 1. The van der Waals surface area contributed by atoms with E-state index < -0.39 is 5.92 Å². The standard InChI is InChI=1S/C26H24FN3O3S/c1-26(2)11-18-21(19(32)12-26)20(14-7-9-16(31)10-8-14)22-23(28-18)29-25(30-24(22)33)34-13-15-5-3-4-6-17(15)27/h3-10,20,31H,11-13H2,1-2H3,(H2,28,29,30,33)/t20-/m0/s1. The summed E-state index contributed by atoms with van der Waals surface area (Å²) < 4.78 is 14.0. The summed E-state index contributed by atoms with van der Waals surface area (Å²) in [5.41, 5.74) is 2.41. The number of aromatic nitrogens is 2. The summed E-state index contributed by atoms with van der Waals surface area (Å²) >= 11 is 1.24. The topological polar surface area (TPSA) is 95.1 Å². The normalized spacial score (nSPS) is 18.8. The van der Waals surface area contributed by atoms with Crippen LogP contribution < -0.4 is 10.9 Å². The Morgan fingerprint density at radius 3 is 2.59 bits per heavy atom. The van der Waals surface area contributed by atoms with Crippen LogP contribution in [-0.2, 0) is 10.5 Å². The van der Waals surface area contributed by atoms with Crippen molar-refractivity contribution >= 4 is 23.4 Å². The quantitative estimate of drug-likeness (QED) is 0.357. The summed E-state index contributed by atoms with van der Waals surface area (Å²) in [6, 6.07) is 13.1. The van der Waals surface area contributed by atoms with Crippen molar-refractivity contribution in [2.45, 2.75) is 43.5 Å². The van der Waals surface area contributed by atoms with Gasteiger partial charge in [-0.05, 0) is 41.2 Å². The molecule has 0 bridgehead atoms. The minimum absolute atomic E-state index is 0.000112. The number of halogens is 1. The Kier molecular flexibility index (Phi) is 5.56. The van der Waals surface area contributed by atoms with Crippen LogP contribution in [0.5, 0.6) is 5.75 Å². The van der Waals surface area contributed by atoms with Gasteiger partial charge in [0.1, 0.15) is 17.4 Å². The molecule has 2 heterocycles. The van der Waals surface area contributed by atoms with Crippen molar-refractivity contribution in [3.05, 3.63) is 92.7 Å². The number of phenolic OH excluding ortho intramolecular Hbond substituents is 1. The minimum atomic E-state index is -0.586. The number of rotatable bonds is 4. The number of H-pyrrole nitrogens is 1. The van der Waals surface area contributed by atoms with Crippen molar-refractivity contribution in [3.63, 3.8) is 0 Å². The molecule has 2 aromatic carbocycles. The summed E-state index contributed by atoms with van der Waals surface area (Å²) in [5, 5.41) is 13.4. The van der Waals surface area contributed by atoms with E-state index in [4.69, 9.17) is 0 Å². The molecule has 3 N–H and O–H groups in total. The summed E-state index contributed by atoms with van der Waals surface area (Å²) in [5.74, 6) is -0.0667. The number of aromatic hydroxyl groups is 1. The zero-order valence-corrected chi connectivity index (χ0v) is 19.6. The van der Waals surface area contributed by atoms with Gasteiger partial charge >= 0.3 is 0 Å². The van der Waals surface area contributed by atoms with Crippen LogP contribution in [0.25, 0.3) is 0 Å². The molecule has 3 aromatic rings. The number of benzene rings is 2. The van der Waals surface area contributed by atoms with Crippen LogP contribution in [0.15, 0.2) is 69.8 Å². The lowest BCUT2D eigenvalue weighted by Gasteiger charge is -2.38. The van der Waals surface area contributed by atoms with Gasteiger partial charge in [0.05, 0.1) is 5.56 Å². The van der Waals surface area contributed by atoms with E-state index in [1.165, 1.54) is 17.8 Å². The molecule has 0 spiro atoms. The first-order valence-electron chi connectivity index (χ1n) is 11.0. The minimum Gasteiger partial charge on any atom is -0.508 e. The molecule has 34 heavy (non-hydrogen) atoms. The third-order valence-electron chi connectivity index (χ3n) is 6.25. The number of carbonyl (C=O) groups is 1. The molecule has 0 radical (unpaired) electrons. The predicted molar refractivity (Wildman–Crippen MR) is 129 cm³/mol. The second-order valence-corrected chi connectivity index (χ2v) is 10.5. The zero-order chi connectivity index (χ0) is 24.0. The lowest BCUT2D eigenvalue weighted by Crippen LogP contribution is -2.37. The lowest BCUT2D eigenvalue weighted by molar-refractivity contribution is -0.118. The van der Waals surface area contributed by atoms with Gasteiger partial charge in [0, 0.05) is 29.4 Å². The molecule has 5 rings (SSSR count). The van der Waals surface area contributed by atoms with Crippen LogP contribution in [0.1, 0.15) is 49.3 Å². The summed E-state index contributed by atoms with van der Waals surface area (Å²) in [4.78, 5) is 34.0. The number of hydrogen-bond donors (Lipinski definition) is 3. The molecule has 1 atom stereocenters.